The molecule has 0 aromatic carbocycles. The van der Waals surface area contributed by atoms with Gasteiger partial charge in [0.05, 0.1) is 25.2 Å². The standard InChI is InChI=1S/C15H20N2O4S/c1-20-5-4-17-12-8-16(9-13(12)21-10-15(17)19)14(18)7-11-3-2-6-22-11/h2-3,6,12-13H,4-5,7-10H2,1H3/t12-,13-/m0/s1. The van der Waals surface area contributed by atoms with Gasteiger partial charge in [-0.15, -0.1) is 11.3 Å². The van der Waals surface area contributed by atoms with Crippen molar-refractivity contribution in [3.8, 4) is 0 Å². The number of thiophene rings is 1. The van der Waals surface area contributed by atoms with Gasteiger partial charge in [0.2, 0.25) is 11.8 Å². The number of rotatable bonds is 5. The molecule has 2 aliphatic heterocycles. The van der Waals surface area contributed by atoms with Gasteiger partial charge in [-0.05, 0) is 11.4 Å². The summed E-state index contributed by atoms with van der Waals surface area (Å²) >= 11 is 1.59. The minimum absolute atomic E-state index is 0.0224. The number of hydrogen-bond acceptors (Lipinski definition) is 5. The van der Waals surface area contributed by atoms with E-state index < -0.39 is 0 Å². The minimum atomic E-state index is -0.0816. The lowest BCUT2D eigenvalue weighted by Gasteiger charge is -2.36. The molecule has 0 spiro atoms. The van der Waals surface area contributed by atoms with Crippen LogP contribution in [0.5, 0.6) is 0 Å². The lowest BCUT2D eigenvalue weighted by Crippen LogP contribution is -2.54. The van der Waals surface area contributed by atoms with Gasteiger partial charge in [0.1, 0.15) is 6.61 Å². The first-order valence-electron chi connectivity index (χ1n) is 7.39. The van der Waals surface area contributed by atoms with E-state index in [1.54, 1.807) is 23.3 Å². The van der Waals surface area contributed by atoms with E-state index in [0.29, 0.717) is 32.7 Å². The highest BCUT2D eigenvalue weighted by atomic mass is 32.1. The van der Waals surface area contributed by atoms with E-state index in [1.165, 1.54) is 0 Å². The molecule has 1 aromatic heterocycles. The topological polar surface area (TPSA) is 59.1 Å². The number of amides is 2. The average Bonchev–Trinajstić information content (AvgIpc) is 3.15. The summed E-state index contributed by atoms with van der Waals surface area (Å²) in [6.07, 6.45) is 0.338. The van der Waals surface area contributed by atoms with Crippen molar-refractivity contribution in [1.29, 1.82) is 0 Å². The molecule has 0 aliphatic carbocycles. The average molecular weight is 324 g/mol. The molecule has 0 saturated carbocycles. The van der Waals surface area contributed by atoms with E-state index >= 15 is 0 Å². The van der Waals surface area contributed by atoms with Crippen molar-refractivity contribution in [2.75, 3.05) is 40.0 Å². The normalized spacial score (nSPS) is 24.7. The lowest BCUT2D eigenvalue weighted by atomic mass is 10.1. The van der Waals surface area contributed by atoms with Crippen LogP contribution in [-0.2, 0) is 25.5 Å². The Kier molecular flexibility index (Phi) is 4.75. The van der Waals surface area contributed by atoms with Crippen LogP contribution in [0.3, 0.4) is 0 Å². The van der Waals surface area contributed by atoms with Crippen molar-refractivity contribution in [3.63, 3.8) is 0 Å². The Morgan fingerprint density at radius 2 is 2.36 bits per heavy atom. The van der Waals surface area contributed by atoms with E-state index in [0.717, 1.165) is 4.88 Å². The fourth-order valence-corrected chi connectivity index (χ4v) is 3.72. The summed E-state index contributed by atoms with van der Waals surface area (Å²) in [5.74, 6) is 0.0745. The summed E-state index contributed by atoms with van der Waals surface area (Å²) in [6, 6.07) is 3.87. The van der Waals surface area contributed by atoms with Gasteiger partial charge < -0.3 is 19.3 Å². The SMILES string of the molecule is COCCN1C(=O)CO[C@H]2CN(C(=O)Cc3cccs3)C[C@@H]21. The van der Waals surface area contributed by atoms with Crippen LogP contribution in [0.15, 0.2) is 17.5 Å². The molecule has 3 rings (SSSR count). The molecular weight excluding hydrogens is 304 g/mol. The summed E-state index contributed by atoms with van der Waals surface area (Å²) in [7, 11) is 1.62. The van der Waals surface area contributed by atoms with Crippen LogP contribution in [0.1, 0.15) is 4.88 Å². The van der Waals surface area contributed by atoms with Crippen molar-refractivity contribution in [2.45, 2.75) is 18.6 Å². The van der Waals surface area contributed by atoms with Gasteiger partial charge in [-0.1, -0.05) is 6.07 Å². The highest BCUT2D eigenvalue weighted by molar-refractivity contribution is 7.10. The Balaban J connectivity index is 1.63. The summed E-state index contributed by atoms with van der Waals surface area (Å²) in [5.41, 5.74) is 0. The molecule has 0 unspecified atom stereocenters. The molecule has 0 bridgehead atoms. The second kappa shape index (κ2) is 6.76. The molecule has 0 radical (unpaired) electrons. The first-order chi connectivity index (χ1) is 10.7. The second-order valence-electron chi connectivity index (χ2n) is 5.55. The zero-order valence-corrected chi connectivity index (χ0v) is 13.4. The van der Waals surface area contributed by atoms with Gasteiger partial charge in [-0.25, -0.2) is 0 Å². The van der Waals surface area contributed by atoms with E-state index in [2.05, 4.69) is 0 Å². The molecule has 2 aliphatic rings. The summed E-state index contributed by atoms with van der Waals surface area (Å²) < 4.78 is 10.7. The predicted octanol–water partition coefficient (Wildman–Crippen LogP) is 0.375. The Hall–Kier alpha value is -1.44. The maximum atomic E-state index is 12.4. The smallest absolute Gasteiger partial charge is 0.249 e. The van der Waals surface area contributed by atoms with Crippen molar-refractivity contribution in [2.24, 2.45) is 0 Å². The number of carbonyl (C=O) groups excluding carboxylic acids is 2. The van der Waals surface area contributed by atoms with Gasteiger partial charge in [-0.2, -0.15) is 0 Å². The number of carbonyl (C=O) groups is 2. The first kappa shape index (κ1) is 15.5. The highest BCUT2D eigenvalue weighted by Gasteiger charge is 2.44. The Morgan fingerprint density at radius 3 is 3.09 bits per heavy atom. The van der Waals surface area contributed by atoms with Crippen molar-refractivity contribution in [1.82, 2.24) is 9.80 Å². The highest BCUT2D eigenvalue weighted by Crippen LogP contribution is 2.24. The van der Waals surface area contributed by atoms with E-state index in [1.807, 2.05) is 22.4 Å². The number of methoxy groups -OCH3 is 1. The molecule has 22 heavy (non-hydrogen) atoms. The molecule has 2 amide bonds. The van der Waals surface area contributed by atoms with Crippen LogP contribution in [0.25, 0.3) is 0 Å². The number of hydrogen-bond donors (Lipinski definition) is 0. The van der Waals surface area contributed by atoms with E-state index in [4.69, 9.17) is 9.47 Å². The van der Waals surface area contributed by atoms with Crippen LogP contribution < -0.4 is 0 Å². The zero-order valence-electron chi connectivity index (χ0n) is 12.6. The Labute approximate surface area is 133 Å². The van der Waals surface area contributed by atoms with Gasteiger partial charge in [0.15, 0.2) is 0 Å². The number of nitrogens with zero attached hydrogens (tertiary/aromatic N) is 2. The lowest BCUT2D eigenvalue weighted by molar-refractivity contribution is -0.153. The molecule has 1 aromatic rings. The third-order valence-corrected chi connectivity index (χ3v) is 5.05. The predicted molar refractivity (Wildman–Crippen MR) is 81.7 cm³/mol. The monoisotopic (exact) mass is 324 g/mol. The quantitative estimate of drug-likeness (QED) is 0.785. The van der Waals surface area contributed by atoms with Crippen LogP contribution in [-0.4, -0.2) is 73.7 Å². The van der Waals surface area contributed by atoms with Gasteiger partial charge >= 0.3 is 0 Å². The van der Waals surface area contributed by atoms with Crippen LogP contribution in [0, 0.1) is 0 Å². The molecule has 6 nitrogen and oxygen atoms in total. The molecule has 0 N–H and O–H groups in total. The summed E-state index contributed by atoms with van der Waals surface area (Å²) in [6.45, 7) is 2.25. The fourth-order valence-electron chi connectivity index (χ4n) is 3.02. The number of morpholine rings is 1. The largest absolute Gasteiger partial charge is 0.383 e. The van der Waals surface area contributed by atoms with Gasteiger partial charge in [0.25, 0.3) is 0 Å². The molecule has 2 saturated heterocycles. The van der Waals surface area contributed by atoms with Crippen molar-refractivity contribution < 1.29 is 19.1 Å². The van der Waals surface area contributed by atoms with Crippen LogP contribution >= 0.6 is 11.3 Å². The van der Waals surface area contributed by atoms with Crippen molar-refractivity contribution in [3.05, 3.63) is 22.4 Å². The van der Waals surface area contributed by atoms with E-state index in [-0.39, 0.29) is 30.6 Å². The number of fused-ring (bicyclic) bond motifs is 1. The van der Waals surface area contributed by atoms with Gasteiger partial charge in [-0.3, -0.25) is 9.59 Å². The number of likely N-dealkylation sites (tertiary alicyclic amines) is 1. The Morgan fingerprint density at radius 1 is 1.50 bits per heavy atom. The zero-order chi connectivity index (χ0) is 15.5. The molecule has 7 heteroatoms. The molecule has 2 fully saturated rings. The van der Waals surface area contributed by atoms with Crippen LogP contribution in [0.4, 0.5) is 0 Å². The second-order valence-corrected chi connectivity index (χ2v) is 6.58. The third kappa shape index (κ3) is 3.16. The van der Waals surface area contributed by atoms with Crippen molar-refractivity contribution >= 4 is 23.2 Å². The third-order valence-electron chi connectivity index (χ3n) is 4.17. The summed E-state index contributed by atoms with van der Waals surface area (Å²) in [5, 5.41) is 1.97. The molecule has 120 valence electrons. The maximum Gasteiger partial charge on any atom is 0.249 e. The molecule has 3 heterocycles. The first-order valence-corrected chi connectivity index (χ1v) is 8.27. The van der Waals surface area contributed by atoms with Gasteiger partial charge in [0, 0.05) is 31.6 Å². The van der Waals surface area contributed by atoms with E-state index in [9.17, 15) is 9.59 Å². The molecule has 2 atom stereocenters. The Bertz CT molecular complexity index is 534. The summed E-state index contributed by atoms with van der Waals surface area (Å²) in [4.78, 5) is 29.1. The maximum absolute atomic E-state index is 12.4. The fraction of sp³-hybridized carbons (Fsp3) is 0.600. The molecular formula is C15H20N2O4S. The number of ether oxygens (including phenoxy) is 2. The minimum Gasteiger partial charge on any atom is -0.383 e. The van der Waals surface area contributed by atoms with Crippen LogP contribution in [0.2, 0.25) is 0 Å².